The maximum atomic E-state index is 12.4. The molecule has 21 heavy (non-hydrogen) atoms. The van der Waals surface area contributed by atoms with E-state index >= 15 is 0 Å². The number of hydrogen-bond acceptors (Lipinski definition) is 4. The molecule has 4 N–H and O–H groups in total. The summed E-state index contributed by atoms with van der Waals surface area (Å²) in [4.78, 5) is 25.1. The van der Waals surface area contributed by atoms with E-state index in [0.717, 1.165) is 32.2 Å². The normalized spacial score (nSPS) is 30.6. The third kappa shape index (κ3) is 3.21. The first-order valence-electron chi connectivity index (χ1n) is 7.84. The second-order valence-electron chi connectivity index (χ2n) is 6.89. The average Bonchev–Trinajstić information content (AvgIpc) is 2.45. The zero-order chi connectivity index (χ0) is 15.6. The van der Waals surface area contributed by atoms with E-state index in [-0.39, 0.29) is 11.3 Å². The zero-order valence-corrected chi connectivity index (χ0v) is 13.0. The van der Waals surface area contributed by atoms with Gasteiger partial charge in [-0.1, -0.05) is 13.8 Å². The Morgan fingerprint density at radius 1 is 1.48 bits per heavy atom. The van der Waals surface area contributed by atoms with E-state index < -0.39 is 18.6 Å². The molecule has 120 valence electrons. The predicted molar refractivity (Wildman–Crippen MR) is 79.3 cm³/mol. The number of carbonyl (C=O) groups is 2. The number of aliphatic hydroxyl groups is 1. The van der Waals surface area contributed by atoms with E-state index in [1.807, 2.05) is 0 Å². The Hall–Kier alpha value is -1.14. The summed E-state index contributed by atoms with van der Waals surface area (Å²) in [6.07, 6.45) is 3.70. The Morgan fingerprint density at radius 3 is 2.52 bits per heavy atom. The van der Waals surface area contributed by atoms with E-state index in [2.05, 4.69) is 19.2 Å². The van der Waals surface area contributed by atoms with Gasteiger partial charge in [0.05, 0.1) is 12.0 Å². The van der Waals surface area contributed by atoms with Crippen LogP contribution in [0.1, 0.15) is 39.5 Å². The Morgan fingerprint density at radius 2 is 2.10 bits per heavy atom. The van der Waals surface area contributed by atoms with Crippen LogP contribution < -0.4 is 11.1 Å². The number of primary amides is 1. The van der Waals surface area contributed by atoms with Crippen LogP contribution in [0.25, 0.3) is 0 Å². The van der Waals surface area contributed by atoms with Crippen LogP contribution in [-0.4, -0.2) is 53.6 Å². The van der Waals surface area contributed by atoms with Crippen LogP contribution in [-0.2, 0) is 9.59 Å². The summed E-state index contributed by atoms with van der Waals surface area (Å²) in [5.74, 6) is -0.0155. The summed E-state index contributed by atoms with van der Waals surface area (Å²) in [5, 5.41) is 12.7. The minimum atomic E-state index is -0.861. The van der Waals surface area contributed by atoms with Gasteiger partial charge in [-0.15, -0.1) is 0 Å². The molecule has 1 saturated carbocycles. The fraction of sp³-hybridized carbons (Fsp3) is 0.867. The molecule has 0 aromatic rings. The standard InChI is InChI=1S/C15H27N3O3/c1-10(2)7-17-11-3-5-15(6-4-11)9-18(14(15)21)12(8-19)13(16)20/h10-12,17,19H,3-9H2,1-2H3,(H2,16,20)/t11?,12-,15?/m0/s1. The first-order chi connectivity index (χ1) is 9.89. The number of rotatable bonds is 6. The van der Waals surface area contributed by atoms with Crippen LogP contribution >= 0.6 is 0 Å². The van der Waals surface area contributed by atoms with Gasteiger partial charge in [0.15, 0.2) is 0 Å². The molecule has 0 radical (unpaired) electrons. The van der Waals surface area contributed by atoms with Crippen molar-refractivity contribution in [1.29, 1.82) is 0 Å². The Labute approximate surface area is 126 Å². The summed E-state index contributed by atoms with van der Waals surface area (Å²) >= 11 is 0. The Balaban J connectivity index is 1.85. The Kier molecular flexibility index (Phi) is 4.88. The van der Waals surface area contributed by atoms with Crippen molar-refractivity contribution in [3.63, 3.8) is 0 Å². The van der Waals surface area contributed by atoms with Crippen molar-refractivity contribution in [3.8, 4) is 0 Å². The van der Waals surface area contributed by atoms with Gasteiger partial charge in [-0.05, 0) is 38.1 Å². The van der Waals surface area contributed by atoms with Gasteiger partial charge in [-0.25, -0.2) is 0 Å². The van der Waals surface area contributed by atoms with E-state index in [4.69, 9.17) is 5.73 Å². The minimum Gasteiger partial charge on any atom is -0.394 e. The molecule has 1 heterocycles. The first kappa shape index (κ1) is 16.2. The van der Waals surface area contributed by atoms with Crippen LogP contribution in [0.15, 0.2) is 0 Å². The number of hydrogen-bond donors (Lipinski definition) is 3. The third-order valence-corrected chi connectivity index (χ3v) is 4.82. The molecule has 2 fully saturated rings. The van der Waals surface area contributed by atoms with Gasteiger partial charge in [0.1, 0.15) is 6.04 Å². The van der Waals surface area contributed by atoms with E-state index in [0.29, 0.717) is 18.5 Å². The SMILES string of the molecule is CC(C)CNC1CCC2(CC1)CN([C@@H](CO)C(N)=O)C2=O. The number of aliphatic hydroxyl groups excluding tert-OH is 1. The quantitative estimate of drug-likeness (QED) is 0.594. The smallest absolute Gasteiger partial charge is 0.242 e. The number of likely N-dealkylation sites (tertiary alicyclic amines) is 1. The van der Waals surface area contributed by atoms with Gasteiger partial charge in [-0.3, -0.25) is 9.59 Å². The largest absolute Gasteiger partial charge is 0.394 e. The average molecular weight is 297 g/mol. The molecule has 6 nitrogen and oxygen atoms in total. The molecular formula is C15H27N3O3. The Bertz CT molecular complexity index is 403. The highest BCUT2D eigenvalue weighted by atomic mass is 16.3. The minimum absolute atomic E-state index is 0.0114. The highest BCUT2D eigenvalue weighted by molar-refractivity contribution is 5.94. The molecule has 1 saturated heterocycles. The van der Waals surface area contributed by atoms with Crippen LogP contribution in [0.4, 0.5) is 0 Å². The molecule has 1 aliphatic heterocycles. The van der Waals surface area contributed by atoms with Crippen LogP contribution in [0.3, 0.4) is 0 Å². The van der Waals surface area contributed by atoms with E-state index in [1.54, 1.807) is 0 Å². The summed E-state index contributed by atoms with van der Waals surface area (Å²) in [7, 11) is 0. The maximum Gasteiger partial charge on any atom is 0.242 e. The molecular weight excluding hydrogens is 270 g/mol. The number of carbonyl (C=O) groups excluding carboxylic acids is 2. The van der Waals surface area contributed by atoms with Gasteiger partial charge < -0.3 is 21.1 Å². The highest BCUT2D eigenvalue weighted by Gasteiger charge is 2.55. The van der Waals surface area contributed by atoms with Gasteiger partial charge in [0, 0.05) is 12.6 Å². The molecule has 1 aliphatic carbocycles. The molecule has 0 aromatic carbocycles. The van der Waals surface area contributed by atoms with E-state index in [9.17, 15) is 14.7 Å². The topological polar surface area (TPSA) is 95.7 Å². The monoisotopic (exact) mass is 297 g/mol. The van der Waals surface area contributed by atoms with Gasteiger partial charge in [0.2, 0.25) is 11.8 Å². The molecule has 0 aromatic heterocycles. The summed E-state index contributed by atoms with van der Waals surface area (Å²) < 4.78 is 0. The first-order valence-corrected chi connectivity index (χ1v) is 7.84. The highest BCUT2D eigenvalue weighted by Crippen LogP contribution is 2.45. The molecule has 2 amide bonds. The predicted octanol–water partition coefficient (Wildman–Crippen LogP) is -0.151. The lowest BCUT2D eigenvalue weighted by Crippen LogP contribution is -2.68. The molecule has 1 atom stereocenters. The van der Waals surface area contributed by atoms with Gasteiger partial charge >= 0.3 is 0 Å². The van der Waals surface area contributed by atoms with E-state index in [1.165, 1.54) is 4.90 Å². The van der Waals surface area contributed by atoms with Crippen LogP contribution in [0, 0.1) is 11.3 Å². The van der Waals surface area contributed by atoms with Crippen molar-refractivity contribution in [2.45, 2.75) is 51.6 Å². The molecule has 6 heteroatoms. The van der Waals surface area contributed by atoms with Crippen molar-refractivity contribution in [2.75, 3.05) is 19.7 Å². The molecule has 0 bridgehead atoms. The lowest BCUT2D eigenvalue weighted by Gasteiger charge is -2.53. The number of nitrogens with two attached hydrogens (primary N) is 1. The van der Waals surface area contributed by atoms with Crippen molar-refractivity contribution in [3.05, 3.63) is 0 Å². The van der Waals surface area contributed by atoms with Gasteiger partial charge in [0.25, 0.3) is 0 Å². The zero-order valence-electron chi connectivity index (χ0n) is 13.0. The fourth-order valence-corrected chi connectivity index (χ4v) is 3.42. The van der Waals surface area contributed by atoms with Gasteiger partial charge in [-0.2, -0.15) is 0 Å². The lowest BCUT2D eigenvalue weighted by molar-refractivity contribution is -0.172. The second-order valence-corrected chi connectivity index (χ2v) is 6.89. The second kappa shape index (κ2) is 6.32. The number of nitrogens with zero attached hydrogens (tertiary/aromatic N) is 1. The molecule has 0 unspecified atom stereocenters. The summed E-state index contributed by atoms with van der Waals surface area (Å²) in [6.45, 7) is 5.53. The fourth-order valence-electron chi connectivity index (χ4n) is 3.42. The number of amides is 2. The van der Waals surface area contributed by atoms with Crippen molar-refractivity contribution in [2.24, 2.45) is 17.1 Å². The third-order valence-electron chi connectivity index (χ3n) is 4.82. The number of nitrogens with one attached hydrogen (secondary N) is 1. The lowest BCUT2D eigenvalue weighted by atomic mass is 9.66. The van der Waals surface area contributed by atoms with Crippen molar-refractivity contribution in [1.82, 2.24) is 10.2 Å². The maximum absolute atomic E-state index is 12.4. The van der Waals surface area contributed by atoms with Crippen LogP contribution in [0.2, 0.25) is 0 Å². The van der Waals surface area contributed by atoms with Crippen molar-refractivity contribution >= 4 is 11.8 Å². The molecule has 1 spiro atoms. The summed E-state index contributed by atoms with van der Waals surface area (Å²) in [6, 6.07) is -0.371. The van der Waals surface area contributed by atoms with Crippen LogP contribution in [0.5, 0.6) is 0 Å². The summed E-state index contributed by atoms with van der Waals surface area (Å²) in [5.41, 5.74) is 4.92. The molecule has 2 rings (SSSR count). The van der Waals surface area contributed by atoms with Crippen molar-refractivity contribution < 1.29 is 14.7 Å². The molecule has 2 aliphatic rings. The number of β-lactam (4-membered cyclic amide) rings is 1.